The Kier molecular flexibility index (Phi) is 5.55. The van der Waals surface area contributed by atoms with E-state index >= 15 is 0 Å². The predicted octanol–water partition coefficient (Wildman–Crippen LogP) is 4.12. The minimum atomic E-state index is -0.313. The SMILES string of the molecule is CCC(=O)N1CC2(CCN(c3nc4c(c(-c5ccc(F)cc5)c3C#N)CCC(c3n[nH]nc3C)=C4)C2)C1. The number of benzene rings is 1. The number of anilines is 1. The van der Waals surface area contributed by atoms with E-state index in [-0.39, 0.29) is 17.1 Å². The summed E-state index contributed by atoms with van der Waals surface area (Å²) in [6, 6.07) is 8.79. The molecular formula is C28H28FN7O. The number of hydrogen-bond donors (Lipinski definition) is 1. The number of carbonyl (C=O) groups is 1. The fraction of sp³-hybridized carbons (Fsp3) is 0.393. The van der Waals surface area contributed by atoms with Gasteiger partial charge in [-0.1, -0.05) is 19.1 Å². The Bertz CT molecular complexity index is 1460. The third kappa shape index (κ3) is 3.88. The van der Waals surface area contributed by atoms with Crippen LogP contribution in [-0.4, -0.2) is 57.4 Å². The number of H-pyrrole nitrogens is 1. The zero-order valence-electron chi connectivity index (χ0n) is 21.0. The Morgan fingerprint density at radius 3 is 2.65 bits per heavy atom. The summed E-state index contributed by atoms with van der Waals surface area (Å²) in [7, 11) is 0. The largest absolute Gasteiger partial charge is 0.355 e. The highest BCUT2D eigenvalue weighted by molar-refractivity contribution is 5.89. The normalized spacial score (nSPS) is 17.8. The van der Waals surface area contributed by atoms with Crippen LogP contribution in [0.2, 0.25) is 0 Å². The van der Waals surface area contributed by atoms with Crippen molar-refractivity contribution in [2.24, 2.45) is 5.41 Å². The number of likely N-dealkylation sites (tertiary alicyclic amines) is 1. The molecule has 0 atom stereocenters. The molecule has 9 heteroatoms. The average molecular weight is 498 g/mol. The molecule has 37 heavy (non-hydrogen) atoms. The lowest BCUT2D eigenvalue weighted by molar-refractivity contribution is -0.141. The third-order valence-electron chi connectivity index (χ3n) is 7.98. The Labute approximate surface area is 214 Å². The van der Waals surface area contributed by atoms with Gasteiger partial charge in [0.05, 0.1) is 11.4 Å². The predicted molar refractivity (Wildman–Crippen MR) is 138 cm³/mol. The van der Waals surface area contributed by atoms with Crippen LogP contribution in [0.3, 0.4) is 0 Å². The van der Waals surface area contributed by atoms with E-state index in [2.05, 4.69) is 32.5 Å². The Hall–Kier alpha value is -4.06. The first-order valence-corrected chi connectivity index (χ1v) is 12.8. The Morgan fingerprint density at radius 2 is 1.97 bits per heavy atom. The number of nitrogens with zero attached hydrogens (tertiary/aromatic N) is 6. The number of pyridine rings is 1. The molecule has 2 aliphatic heterocycles. The van der Waals surface area contributed by atoms with E-state index in [1.165, 1.54) is 12.1 Å². The molecule has 3 aromatic rings. The second-order valence-electron chi connectivity index (χ2n) is 10.4. The monoisotopic (exact) mass is 497 g/mol. The second-order valence-corrected chi connectivity index (χ2v) is 10.4. The summed E-state index contributed by atoms with van der Waals surface area (Å²) in [5, 5.41) is 21.6. The zero-order chi connectivity index (χ0) is 25.7. The van der Waals surface area contributed by atoms with Gasteiger partial charge in [-0.2, -0.15) is 20.7 Å². The van der Waals surface area contributed by atoms with E-state index in [1.807, 2.05) is 18.7 Å². The van der Waals surface area contributed by atoms with Crippen LogP contribution in [-0.2, 0) is 11.2 Å². The van der Waals surface area contributed by atoms with Crippen LogP contribution in [0, 0.1) is 29.5 Å². The van der Waals surface area contributed by atoms with E-state index in [4.69, 9.17) is 4.98 Å². The molecule has 6 rings (SSSR count). The number of allylic oxidation sites excluding steroid dienone is 1. The molecule has 3 aliphatic rings. The molecule has 0 radical (unpaired) electrons. The Balaban J connectivity index is 1.45. The minimum Gasteiger partial charge on any atom is -0.355 e. The van der Waals surface area contributed by atoms with Gasteiger partial charge in [-0.25, -0.2) is 9.37 Å². The Morgan fingerprint density at radius 1 is 1.19 bits per heavy atom. The molecule has 188 valence electrons. The summed E-state index contributed by atoms with van der Waals surface area (Å²) in [5.41, 5.74) is 6.73. The quantitative estimate of drug-likeness (QED) is 0.582. The fourth-order valence-electron chi connectivity index (χ4n) is 6.08. The summed E-state index contributed by atoms with van der Waals surface area (Å²) in [5.74, 6) is 0.534. The lowest BCUT2D eigenvalue weighted by Crippen LogP contribution is -2.59. The number of aromatic amines is 1. The van der Waals surface area contributed by atoms with E-state index in [1.54, 1.807) is 12.1 Å². The van der Waals surface area contributed by atoms with Gasteiger partial charge in [0.2, 0.25) is 5.91 Å². The third-order valence-corrected chi connectivity index (χ3v) is 7.98. The smallest absolute Gasteiger partial charge is 0.222 e. The van der Waals surface area contributed by atoms with Crippen molar-refractivity contribution in [3.05, 3.63) is 58.3 Å². The van der Waals surface area contributed by atoms with Crippen LogP contribution in [0.1, 0.15) is 54.4 Å². The highest BCUT2D eigenvalue weighted by Gasteiger charge is 2.49. The molecule has 2 fully saturated rings. The standard InChI is InChI=1S/C28H28FN7O/c1-3-24(37)36-15-28(16-36)10-11-35(14-28)27-22(13-30)25(18-4-7-20(29)8-5-18)21-9-6-19(12-23(21)31-27)26-17(2)32-34-33-26/h4-5,7-8,12H,3,6,9-11,14-16H2,1-2H3,(H,32,33,34). The number of rotatable bonds is 4. The number of hydrogen-bond acceptors (Lipinski definition) is 6. The lowest BCUT2D eigenvalue weighted by Gasteiger charge is -2.48. The fourth-order valence-corrected chi connectivity index (χ4v) is 6.08. The van der Waals surface area contributed by atoms with E-state index in [9.17, 15) is 14.4 Å². The summed E-state index contributed by atoms with van der Waals surface area (Å²) in [4.78, 5) is 21.3. The van der Waals surface area contributed by atoms with Crippen molar-refractivity contribution in [1.29, 1.82) is 5.26 Å². The van der Waals surface area contributed by atoms with Gasteiger partial charge in [0, 0.05) is 43.6 Å². The molecule has 8 nitrogen and oxygen atoms in total. The topological polar surface area (TPSA) is 102 Å². The molecule has 0 unspecified atom stereocenters. The van der Waals surface area contributed by atoms with Crippen LogP contribution >= 0.6 is 0 Å². The number of carbonyl (C=O) groups excluding carboxylic acids is 1. The summed E-state index contributed by atoms with van der Waals surface area (Å²) in [6.07, 6.45) is 4.97. The first kappa shape index (κ1) is 23.3. The van der Waals surface area contributed by atoms with Crippen LogP contribution in [0.15, 0.2) is 24.3 Å². The number of amides is 1. The van der Waals surface area contributed by atoms with Crippen LogP contribution in [0.25, 0.3) is 22.8 Å². The number of nitriles is 1. The minimum absolute atomic E-state index is 0.0456. The average Bonchev–Trinajstić information content (AvgIpc) is 3.53. The molecule has 1 N–H and O–H groups in total. The maximum absolute atomic E-state index is 13.8. The van der Waals surface area contributed by atoms with E-state index < -0.39 is 0 Å². The molecule has 1 aromatic carbocycles. The lowest BCUT2D eigenvalue weighted by atomic mass is 9.79. The molecule has 1 aliphatic carbocycles. The van der Waals surface area contributed by atoms with Gasteiger partial charge < -0.3 is 9.80 Å². The van der Waals surface area contributed by atoms with E-state index in [0.29, 0.717) is 24.2 Å². The van der Waals surface area contributed by atoms with Crippen molar-refractivity contribution < 1.29 is 9.18 Å². The first-order chi connectivity index (χ1) is 17.9. The number of halogens is 1. The maximum atomic E-state index is 13.8. The molecule has 0 bridgehead atoms. The number of fused-ring (bicyclic) bond motifs is 1. The number of nitrogens with one attached hydrogen (secondary N) is 1. The summed E-state index contributed by atoms with van der Waals surface area (Å²) in [6.45, 7) is 6.85. The highest BCUT2D eigenvalue weighted by atomic mass is 19.1. The highest BCUT2D eigenvalue weighted by Crippen LogP contribution is 2.45. The van der Waals surface area contributed by atoms with E-state index in [0.717, 1.165) is 78.4 Å². The van der Waals surface area contributed by atoms with Crippen LogP contribution in [0.5, 0.6) is 0 Å². The number of aromatic nitrogens is 4. The van der Waals surface area contributed by atoms with Gasteiger partial charge in [-0.3, -0.25) is 4.79 Å². The molecule has 1 amide bonds. The molecule has 0 saturated carbocycles. The number of aryl methyl sites for hydroxylation is 1. The first-order valence-electron chi connectivity index (χ1n) is 12.8. The molecule has 2 aromatic heterocycles. The second kappa shape index (κ2) is 8.80. The zero-order valence-corrected chi connectivity index (χ0v) is 21.0. The maximum Gasteiger partial charge on any atom is 0.222 e. The van der Waals surface area contributed by atoms with Crippen molar-refractivity contribution in [3.8, 4) is 17.2 Å². The van der Waals surface area contributed by atoms with Gasteiger partial charge in [0.25, 0.3) is 0 Å². The van der Waals surface area contributed by atoms with Gasteiger partial charge >= 0.3 is 0 Å². The van der Waals surface area contributed by atoms with Gasteiger partial charge in [-0.05, 0) is 61.1 Å². The van der Waals surface area contributed by atoms with Crippen molar-refractivity contribution in [3.63, 3.8) is 0 Å². The van der Waals surface area contributed by atoms with Crippen molar-refractivity contribution in [1.82, 2.24) is 25.3 Å². The van der Waals surface area contributed by atoms with Crippen LogP contribution < -0.4 is 4.90 Å². The van der Waals surface area contributed by atoms with Gasteiger partial charge in [0.1, 0.15) is 29.0 Å². The molecule has 1 spiro atoms. The van der Waals surface area contributed by atoms with Gasteiger partial charge in [0.15, 0.2) is 0 Å². The molecule has 4 heterocycles. The summed E-state index contributed by atoms with van der Waals surface area (Å²) < 4.78 is 13.8. The molecule has 2 saturated heterocycles. The molecular weight excluding hydrogens is 469 g/mol. The van der Waals surface area contributed by atoms with Crippen LogP contribution in [0.4, 0.5) is 10.2 Å². The van der Waals surface area contributed by atoms with Gasteiger partial charge in [-0.15, -0.1) is 0 Å². The van der Waals surface area contributed by atoms with Crippen molar-refractivity contribution in [2.75, 3.05) is 31.1 Å². The van der Waals surface area contributed by atoms with Crippen molar-refractivity contribution in [2.45, 2.75) is 39.5 Å². The summed E-state index contributed by atoms with van der Waals surface area (Å²) >= 11 is 0. The van der Waals surface area contributed by atoms with Crippen molar-refractivity contribution >= 4 is 23.4 Å².